The van der Waals surface area contributed by atoms with E-state index in [1.54, 1.807) is 19.1 Å². The van der Waals surface area contributed by atoms with Gasteiger partial charge in [-0.05, 0) is 19.1 Å². The first-order valence-electron chi connectivity index (χ1n) is 5.55. The van der Waals surface area contributed by atoms with E-state index in [0.29, 0.717) is 5.69 Å². The highest BCUT2D eigenvalue weighted by Crippen LogP contribution is 2.24. The Morgan fingerprint density at radius 2 is 1.89 bits per heavy atom. The molecule has 0 unspecified atom stereocenters. The summed E-state index contributed by atoms with van der Waals surface area (Å²) in [5, 5.41) is 8.54. The first kappa shape index (κ1) is 12.9. The van der Waals surface area contributed by atoms with Crippen molar-refractivity contribution in [1.82, 2.24) is 5.59 Å². The highest BCUT2D eigenvalue weighted by Gasteiger charge is 2.31. The SMILES string of the molecule is CC(=O)N=N/C(C)=C1\C(=O)ONN1c1ccccc1. The van der Waals surface area contributed by atoms with Crippen LogP contribution in [0.1, 0.15) is 13.8 Å². The average molecular weight is 260 g/mol. The smallest absolute Gasteiger partial charge is 0.345 e. The van der Waals surface area contributed by atoms with Crippen LogP contribution in [0.4, 0.5) is 5.69 Å². The van der Waals surface area contributed by atoms with Crippen LogP contribution >= 0.6 is 0 Å². The molecule has 1 heterocycles. The van der Waals surface area contributed by atoms with Crippen molar-refractivity contribution in [2.45, 2.75) is 13.8 Å². The number of carbonyl (C=O) groups is 2. The fraction of sp³-hybridized carbons (Fsp3) is 0.167. The maximum Gasteiger partial charge on any atom is 0.378 e. The summed E-state index contributed by atoms with van der Waals surface area (Å²) in [5.41, 5.74) is 3.67. The summed E-state index contributed by atoms with van der Waals surface area (Å²) < 4.78 is 0. The minimum absolute atomic E-state index is 0.191. The molecule has 1 aromatic rings. The van der Waals surface area contributed by atoms with Crippen LogP contribution in [0.5, 0.6) is 0 Å². The number of carbonyl (C=O) groups excluding carboxylic acids is 2. The first-order chi connectivity index (χ1) is 9.09. The number of nitrogens with zero attached hydrogens (tertiary/aromatic N) is 3. The molecule has 1 aliphatic heterocycles. The number of azo groups is 1. The number of rotatable bonds is 2. The monoisotopic (exact) mass is 260 g/mol. The molecule has 2 rings (SSSR count). The van der Waals surface area contributed by atoms with Gasteiger partial charge in [0, 0.05) is 6.92 Å². The molecule has 1 aliphatic rings. The summed E-state index contributed by atoms with van der Waals surface area (Å²) >= 11 is 0. The van der Waals surface area contributed by atoms with Crippen molar-refractivity contribution in [1.29, 1.82) is 0 Å². The lowest BCUT2D eigenvalue weighted by atomic mass is 10.2. The minimum atomic E-state index is -0.580. The molecular weight excluding hydrogens is 248 g/mol. The second-order valence-electron chi connectivity index (χ2n) is 3.80. The molecule has 1 aromatic carbocycles. The number of hydrazine groups is 1. The zero-order valence-electron chi connectivity index (χ0n) is 10.5. The summed E-state index contributed by atoms with van der Waals surface area (Å²) in [5.74, 6) is -1.02. The van der Waals surface area contributed by atoms with Gasteiger partial charge >= 0.3 is 5.97 Å². The highest BCUT2D eigenvalue weighted by atomic mass is 16.7. The molecule has 0 saturated carbocycles. The van der Waals surface area contributed by atoms with E-state index in [9.17, 15) is 9.59 Å². The third-order valence-corrected chi connectivity index (χ3v) is 2.34. The zero-order chi connectivity index (χ0) is 13.8. The van der Waals surface area contributed by atoms with Crippen LogP contribution in [-0.4, -0.2) is 11.9 Å². The fourth-order valence-electron chi connectivity index (χ4n) is 1.53. The van der Waals surface area contributed by atoms with E-state index >= 15 is 0 Å². The van der Waals surface area contributed by atoms with Gasteiger partial charge in [0.05, 0.1) is 11.4 Å². The number of anilines is 1. The summed E-state index contributed by atoms with van der Waals surface area (Å²) in [4.78, 5) is 27.2. The van der Waals surface area contributed by atoms with Gasteiger partial charge in [-0.3, -0.25) is 4.79 Å². The lowest BCUT2D eigenvalue weighted by Crippen LogP contribution is -2.29. The predicted molar refractivity (Wildman–Crippen MR) is 66.4 cm³/mol. The largest absolute Gasteiger partial charge is 0.378 e. The Kier molecular flexibility index (Phi) is 3.67. The van der Waals surface area contributed by atoms with Crippen LogP contribution in [0.2, 0.25) is 0 Å². The first-order valence-corrected chi connectivity index (χ1v) is 5.55. The number of nitrogens with one attached hydrogen (secondary N) is 1. The van der Waals surface area contributed by atoms with Gasteiger partial charge in [-0.1, -0.05) is 23.8 Å². The number of benzene rings is 1. The maximum absolute atomic E-state index is 11.7. The van der Waals surface area contributed by atoms with Gasteiger partial charge < -0.3 is 4.84 Å². The molecule has 0 spiro atoms. The third kappa shape index (κ3) is 2.83. The fourth-order valence-corrected chi connectivity index (χ4v) is 1.53. The molecule has 0 radical (unpaired) electrons. The minimum Gasteiger partial charge on any atom is -0.345 e. The number of hydrogen-bond acceptors (Lipinski definition) is 6. The Morgan fingerprint density at radius 1 is 1.21 bits per heavy atom. The van der Waals surface area contributed by atoms with E-state index in [4.69, 9.17) is 4.84 Å². The Labute approximate surface area is 109 Å². The average Bonchev–Trinajstić information content (AvgIpc) is 2.79. The van der Waals surface area contributed by atoms with Gasteiger partial charge in [-0.2, -0.15) is 0 Å². The van der Waals surface area contributed by atoms with E-state index in [1.165, 1.54) is 11.9 Å². The molecule has 1 amide bonds. The topological polar surface area (TPSA) is 83.4 Å². The number of allylic oxidation sites excluding steroid dienone is 1. The molecular formula is C12H12N4O3. The summed E-state index contributed by atoms with van der Waals surface area (Å²) in [6, 6.07) is 9.09. The van der Waals surface area contributed by atoms with E-state index in [0.717, 1.165) is 0 Å². The van der Waals surface area contributed by atoms with Crippen molar-refractivity contribution >= 4 is 17.6 Å². The van der Waals surface area contributed by atoms with Gasteiger partial charge in [-0.25, -0.2) is 9.80 Å². The molecule has 7 nitrogen and oxygen atoms in total. The van der Waals surface area contributed by atoms with Gasteiger partial charge in [0.1, 0.15) is 0 Å². The maximum atomic E-state index is 11.7. The number of hydrogen-bond donors (Lipinski definition) is 1. The predicted octanol–water partition coefficient (Wildman–Crippen LogP) is 1.70. The van der Waals surface area contributed by atoms with Gasteiger partial charge in [0.25, 0.3) is 5.91 Å². The highest BCUT2D eigenvalue weighted by molar-refractivity contribution is 5.95. The van der Waals surface area contributed by atoms with Crippen LogP contribution in [0.15, 0.2) is 52.0 Å². The molecule has 7 heteroatoms. The van der Waals surface area contributed by atoms with Crippen molar-refractivity contribution in [3.05, 3.63) is 41.7 Å². The second kappa shape index (κ2) is 5.40. The second-order valence-corrected chi connectivity index (χ2v) is 3.80. The van der Waals surface area contributed by atoms with Gasteiger partial charge in [0.15, 0.2) is 5.70 Å². The number of amides is 1. The molecule has 1 saturated heterocycles. The van der Waals surface area contributed by atoms with Gasteiger partial charge in [0.2, 0.25) is 0 Å². The molecule has 0 aliphatic carbocycles. The lowest BCUT2D eigenvalue weighted by Gasteiger charge is -2.15. The van der Waals surface area contributed by atoms with Crippen LogP contribution in [0.25, 0.3) is 0 Å². The zero-order valence-corrected chi connectivity index (χ0v) is 10.5. The summed E-state index contributed by atoms with van der Waals surface area (Å²) in [6.45, 7) is 2.85. The summed E-state index contributed by atoms with van der Waals surface area (Å²) in [7, 11) is 0. The molecule has 0 bridgehead atoms. The van der Waals surface area contributed by atoms with Crippen molar-refractivity contribution in [2.24, 2.45) is 10.2 Å². The molecule has 98 valence electrons. The van der Waals surface area contributed by atoms with Crippen LogP contribution < -0.4 is 10.6 Å². The van der Waals surface area contributed by atoms with E-state index in [1.807, 2.05) is 18.2 Å². The molecule has 0 atom stereocenters. The van der Waals surface area contributed by atoms with Crippen molar-refractivity contribution in [2.75, 3.05) is 5.01 Å². The summed E-state index contributed by atoms with van der Waals surface area (Å²) in [6.07, 6.45) is 0. The van der Waals surface area contributed by atoms with E-state index in [2.05, 4.69) is 15.8 Å². The van der Waals surface area contributed by atoms with Crippen molar-refractivity contribution in [3.63, 3.8) is 0 Å². The normalized spacial score (nSPS) is 17.8. The third-order valence-electron chi connectivity index (χ3n) is 2.34. The van der Waals surface area contributed by atoms with Crippen LogP contribution in [0.3, 0.4) is 0 Å². The van der Waals surface area contributed by atoms with Crippen molar-refractivity contribution < 1.29 is 14.4 Å². The quantitative estimate of drug-likeness (QED) is 0.646. The molecule has 1 N–H and O–H groups in total. The van der Waals surface area contributed by atoms with Gasteiger partial charge in [-0.15, -0.1) is 10.2 Å². The molecule has 0 aromatic heterocycles. The number of para-hydroxylation sites is 1. The Balaban J connectivity index is 2.38. The van der Waals surface area contributed by atoms with E-state index in [-0.39, 0.29) is 11.4 Å². The Morgan fingerprint density at radius 3 is 2.53 bits per heavy atom. The standard InChI is InChI=1S/C12H12N4O3/c1-8(13-14-9(2)17)11-12(18)19-15-16(11)10-6-4-3-5-7-10/h3-7,15H,1-2H3/b11-8+,14-13?. The van der Waals surface area contributed by atoms with E-state index < -0.39 is 11.9 Å². The van der Waals surface area contributed by atoms with Crippen LogP contribution in [0, 0.1) is 0 Å². The Hall–Kier alpha value is -2.54. The molecule has 1 fully saturated rings. The Bertz CT molecular complexity index is 566. The lowest BCUT2D eigenvalue weighted by molar-refractivity contribution is -0.140. The van der Waals surface area contributed by atoms with Crippen LogP contribution in [-0.2, 0) is 14.4 Å². The van der Waals surface area contributed by atoms with Crippen molar-refractivity contribution in [3.8, 4) is 0 Å². The molecule has 19 heavy (non-hydrogen) atoms.